The Morgan fingerprint density at radius 2 is 1.59 bits per heavy atom. The molecule has 1 saturated heterocycles. The third-order valence-electron chi connectivity index (χ3n) is 6.03. The molecule has 0 aliphatic carbocycles. The number of hydrogen-bond acceptors (Lipinski definition) is 6. The number of carbonyl (C=O) groups excluding carboxylic acids is 2. The summed E-state index contributed by atoms with van der Waals surface area (Å²) in [6, 6.07) is 22.0. The van der Waals surface area contributed by atoms with Crippen LogP contribution in [-0.4, -0.2) is 61.7 Å². The number of carbonyl (C=O) groups is 2. The molecule has 0 saturated carbocycles. The highest BCUT2D eigenvalue weighted by molar-refractivity contribution is 7.80. The molecule has 0 atom stereocenters. The summed E-state index contributed by atoms with van der Waals surface area (Å²) < 4.78 is 10.6. The van der Waals surface area contributed by atoms with Crippen molar-refractivity contribution in [2.24, 2.45) is 0 Å². The summed E-state index contributed by atoms with van der Waals surface area (Å²) in [4.78, 5) is 29.5. The lowest BCUT2D eigenvalue weighted by Gasteiger charge is -2.36. The van der Waals surface area contributed by atoms with E-state index in [0.29, 0.717) is 36.6 Å². The van der Waals surface area contributed by atoms with Gasteiger partial charge < -0.3 is 24.6 Å². The predicted octanol–water partition coefficient (Wildman–Crippen LogP) is 4.18. The van der Waals surface area contributed by atoms with E-state index in [-0.39, 0.29) is 16.9 Å². The number of benzene rings is 3. The normalized spacial score (nSPS) is 13.0. The fraction of sp³-hybridized carbons (Fsp3) is 0.250. The van der Waals surface area contributed by atoms with Gasteiger partial charge in [-0.15, -0.1) is 0 Å². The number of nitrogens with zero attached hydrogens (tertiary/aromatic N) is 2. The maximum Gasteiger partial charge on any atom is 0.257 e. The number of amides is 2. The Labute approximate surface area is 222 Å². The maximum atomic E-state index is 12.8. The van der Waals surface area contributed by atoms with Gasteiger partial charge in [-0.05, 0) is 85.9 Å². The van der Waals surface area contributed by atoms with Crippen molar-refractivity contribution in [2.75, 3.05) is 50.1 Å². The summed E-state index contributed by atoms with van der Waals surface area (Å²) in [7, 11) is 1.61. The smallest absolute Gasteiger partial charge is 0.257 e. The van der Waals surface area contributed by atoms with Gasteiger partial charge in [0.1, 0.15) is 11.5 Å². The molecular formula is C28H30N4O4S. The highest BCUT2D eigenvalue weighted by atomic mass is 32.1. The molecule has 2 amide bonds. The number of thiocarbonyl (C=S) groups is 1. The molecule has 9 heteroatoms. The Hall–Kier alpha value is -4.11. The van der Waals surface area contributed by atoms with Crippen LogP contribution >= 0.6 is 12.2 Å². The third kappa shape index (κ3) is 6.77. The van der Waals surface area contributed by atoms with Crippen molar-refractivity contribution in [3.05, 3.63) is 83.9 Å². The SMILES string of the molecule is CCOc1cccc(C(=O)NC(=S)Nc2ccc(N3CCN(C(=O)c4ccc(OC)cc4)CC3)cc2)c1. The summed E-state index contributed by atoms with van der Waals surface area (Å²) in [5, 5.41) is 5.96. The summed E-state index contributed by atoms with van der Waals surface area (Å²) >= 11 is 5.32. The molecule has 37 heavy (non-hydrogen) atoms. The van der Waals surface area contributed by atoms with Crippen molar-refractivity contribution in [2.45, 2.75) is 6.92 Å². The van der Waals surface area contributed by atoms with Crippen LogP contribution in [0.25, 0.3) is 0 Å². The number of anilines is 2. The second kappa shape index (κ2) is 12.2. The fourth-order valence-electron chi connectivity index (χ4n) is 4.07. The average molecular weight is 519 g/mol. The Morgan fingerprint density at radius 3 is 2.24 bits per heavy atom. The predicted molar refractivity (Wildman–Crippen MR) is 149 cm³/mol. The molecule has 192 valence electrons. The Morgan fingerprint density at radius 1 is 0.892 bits per heavy atom. The van der Waals surface area contributed by atoms with Crippen LogP contribution in [0.2, 0.25) is 0 Å². The van der Waals surface area contributed by atoms with Crippen molar-refractivity contribution in [1.29, 1.82) is 0 Å². The molecule has 0 spiro atoms. The molecule has 1 aliphatic rings. The minimum absolute atomic E-state index is 0.0297. The van der Waals surface area contributed by atoms with Gasteiger partial charge in [0.15, 0.2) is 5.11 Å². The Balaban J connectivity index is 1.27. The number of piperazine rings is 1. The molecule has 0 aromatic heterocycles. The molecular weight excluding hydrogens is 488 g/mol. The van der Waals surface area contributed by atoms with Crippen LogP contribution in [0, 0.1) is 0 Å². The van der Waals surface area contributed by atoms with E-state index in [9.17, 15) is 9.59 Å². The number of rotatable bonds is 7. The van der Waals surface area contributed by atoms with Gasteiger partial charge in [0.2, 0.25) is 0 Å². The van der Waals surface area contributed by atoms with E-state index in [1.165, 1.54) is 0 Å². The van der Waals surface area contributed by atoms with Crippen LogP contribution in [0.4, 0.5) is 11.4 Å². The molecule has 2 N–H and O–H groups in total. The van der Waals surface area contributed by atoms with Gasteiger partial charge in [-0.1, -0.05) is 6.07 Å². The zero-order chi connectivity index (χ0) is 26.2. The second-order valence-electron chi connectivity index (χ2n) is 8.42. The lowest BCUT2D eigenvalue weighted by Crippen LogP contribution is -2.48. The molecule has 1 heterocycles. The van der Waals surface area contributed by atoms with Gasteiger partial charge in [-0.3, -0.25) is 14.9 Å². The topological polar surface area (TPSA) is 83.1 Å². The molecule has 3 aromatic carbocycles. The van der Waals surface area contributed by atoms with E-state index in [1.807, 2.05) is 36.1 Å². The number of nitrogens with one attached hydrogen (secondary N) is 2. The summed E-state index contributed by atoms with van der Waals surface area (Å²) in [5.74, 6) is 1.09. The Kier molecular flexibility index (Phi) is 8.58. The van der Waals surface area contributed by atoms with Crippen LogP contribution < -0.4 is 25.0 Å². The molecule has 4 rings (SSSR count). The monoisotopic (exact) mass is 518 g/mol. The van der Waals surface area contributed by atoms with Crippen molar-refractivity contribution in [1.82, 2.24) is 10.2 Å². The molecule has 1 fully saturated rings. The number of methoxy groups -OCH3 is 1. The van der Waals surface area contributed by atoms with Crippen LogP contribution in [-0.2, 0) is 0 Å². The van der Waals surface area contributed by atoms with Gasteiger partial charge in [-0.25, -0.2) is 0 Å². The molecule has 8 nitrogen and oxygen atoms in total. The van der Waals surface area contributed by atoms with E-state index in [0.717, 1.165) is 30.2 Å². The first-order valence-corrected chi connectivity index (χ1v) is 12.5. The number of ether oxygens (including phenoxy) is 2. The number of hydrogen-bond donors (Lipinski definition) is 2. The average Bonchev–Trinajstić information content (AvgIpc) is 2.93. The van der Waals surface area contributed by atoms with Gasteiger partial charge >= 0.3 is 0 Å². The van der Waals surface area contributed by atoms with E-state index >= 15 is 0 Å². The van der Waals surface area contributed by atoms with E-state index in [1.54, 1.807) is 55.6 Å². The van der Waals surface area contributed by atoms with E-state index in [2.05, 4.69) is 15.5 Å². The first-order valence-electron chi connectivity index (χ1n) is 12.1. The first kappa shape index (κ1) is 26.0. The zero-order valence-corrected chi connectivity index (χ0v) is 21.7. The van der Waals surface area contributed by atoms with Crippen molar-refractivity contribution < 1.29 is 19.1 Å². The summed E-state index contributed by atoms with van der Waals surface area (Å²) in [6.45, 7) is 5.19. The van der Waals surface area contributed by atoms with Crippen LogP contribution in [0.1, 0.15) is 27.6 Å². The fourth-order valence-corrected chi connectivity index (χ4v) is 4.28. The van der Waals surface area contributed by atoms with Crippen molar-refractivity contribution >= 4 is 40.5 Å². The minimum Gasteiger partial charge on any atom is -0.497 e. The molecule has 0 bridgehead atoms. The molecule has 1 aliphatic heterocycles. The standard InChI is InChI=1S/C28H30N4O4S/c1-3-36-25-6-4-5-21(19-25)26(33)30-28(37)29-22-9-11-23(12-10-22)31-15-17-32(18-16-31)27(34)20-7-13-24(35-2)14-8-20/h4-14,19H,3,15-18H2,1-2H3,(H2,29,30,33,37). The van der Waals surface area contributed by atoms with Crippen LogP contribution in [0.5, 0.6) is 11.5 Å². The highest BCUT2D eigenvalue weighted by Gasteiger charge is 2.22. The van der Waals surface area contributed by atoms with Crippen LogP contribution in [0.3, 0.4) is 0 Å². The van der Waals surface area contributed by atoms with Crippen molar-refractivity contribution in [3.63, 3.8) is 0 Å². The van der Waals surface area contributed by atoms with E-state index in [4.69, 9.17) is 21.7 Å². The lowest BCUT2D eigenvalue weighted by molar-refractivity contribution is 0.0746. The third-order valence-corrected chi connectivity index (χ3v) is 6.23. The summed E-state index contributed by atoms with van der Waals surface area (Å²) in [6.07, 6.45) is 0. The lowest BCUT2D eigenvalue weighted by atomic mass is 10.1. The zero-order valence-electron chi connectivity index (χ0n) is 20.9. The van der Waals surface area contributed by atoms with Crippen molar-refractivity contribution in [3.8, 4) is 11.5 Å². The first-order chi connectivity index (χ1) is 18.0. The second-order valence-corrected chi connectivity index (χ2v) is 8.83. The van der Waals surface area contributed by atoms with Gasteiger partial charge in [0.05, 0.1) is 13.7 Å². The quantitative estimate of drug-likeness (QED) is 0.454. The van der Waals surface area contributed by atoms with Gasteiger partial charge in [0.25, 0.3) is 11.8 Å². The van der Waals surface area contributed by atoms with Gasteiger partial charge in [0, 0.05) is 48.7 Å². The van der Waals surface area contributed by atoms with Crippen LogP contribution in [0.15, 0.2) is 72.8 Å². The molecule has 3 aromatic rings. The molecule has 0 radical (unpaired) electrons. The Bertz CT molecular complexity index is 1240. The molecule has 0 unspecified atom stereocenters. The summed E-state index contributed by atoms with van der Waals surface area (Å²) in [5.41, 5.74) is 2.96. The minimum atomic E-state index is -0.308. The maximum absolute atomic E-state index is 12.8. The van der Waals surface area contributed by atoms with E-state index < -0.39 is 0 Å². The highest BCUT2D eigenvalue weighted by Crippen LogP contribution is 2.21. The van der Waals surface area contributed by atoms with Gasteiger partial charge in [-0.2, -0.15) is 0 Å². The largest absolute Gasteiger partial charge is 0.497 e.